The molecule has 0 aliphatic carbocycles. The lowest BCUT2D eigenvalue weighted by molar-refractivity contribution is 0.208. The molecule has 2 aromatic carbocycles. The molecule has 0 unspecified atom stereocenters. The lowest BCUT2D eigenvalue weighted by Gasteiger charge is -2.36. The van der Waals surface area contributed by atoms with Crippen molar-refractivity contribution >= 4 is 40.6 Å². The zero-order valence-corrected chi connectivity index (χ0v) is 17.2. The summed E-state index contributed by atoms with van der Waals surface area (Å²) >= 11 is 12.3. The molecule has 9 heteroatoms. The number of rotatable bonds is 3. The molecule has 1 aromatic heterocycles. The number of piperazine rings is 1. The van der Waals surface area contributed by atoms with E-state index in [2.05, 4.69) is 20.4 Å². The van der Waals surface area contributed by atoms with Gasteiger partial charge in [-0.2, -0.15) is 0 Å². The van der Waals surface area contributed by atoms with E-state index < -0.39 is 0 Å². The van der Waals surface area contributed by atoms with Crippen LogP contribution in [-0.4, -0.2) is 47.3 Å². The minimum absolute atomic E-state index is 0.207. The number of halogens is 2. The summed E-state index contributed by atoms with van der Waals surface area (Å²) < 4.78 is 5.46. The standard InChI is InChI=1S/C20H19Cl2N5O2/c1-13-24-25-19(29-13)14-5-7-15(8-6-14)26-9-11-27(12-10-26)20(28)23-18-16(21)3-2-4-17(18)22/h2-8H,9-12H2,1H3,(H,23,28). The van der Waals surface area contributed by atoms with Gasteiger partial charge in [0.25, 0.3) is 0 Å². The highest BCUT2D eigenvalue weighted by Crippen LogP contribution is 2.30. The molecule has 150 valence electrons. The summed E-state index contributed by atoms with van der Waals surface area (Å²) in [5.41, 5.74) is 2.40. The number of amides is 2. The largest absolute Gasteiger partial charge is 0.421 e. The van der Waals surface area contributed by atoms with Crippen molar-refractivity contribution in [2.75, 3.05) is 36.4 Å². The van der Waals surface area contributed by atoms with Crippen LogP contribution in [0.5, 0.6) is 0 Å². The Kier molecular flexibility index (Phi) is 5.60. The molecule has 1 saturated heterocycles. The third-order valence-corrected chi connectivity index (χ3v) is 5.40. The summed E-state index contributed by atoms with van der Waals surface area (Å²) in [4.78, 5) is 16.6. The van der Waals surface area contributed by atoms with Gasteiger partial charge in [0, 0.05) is 44.4 Å². The van der Waals surface area contributed by atoms with Crippen LogP contribution >= 0.6 is 23.2 Å². The molecular weight excluding hydrogens is 413 g/mol. The van der Waals surface area contributed by atoms with Gasteiger partial charge in [-0.05, 0) is 36.4 Å². The second-order valence-corrected chi connectivity index (χ2v) is 7.49. The van der Waals surface area contributed by atoms with Gasteiger partial charge in [0.05, 0.1) is 15.7 Å². The Morgan fingerprint density at radius 3 is 2.24 bits per heavy atom. The molecule has 7 nitrogen and oxygen atoms in total. The van der Waals surface area contributed by atoms with Crippen LogP contribution in [0, 0.1) is 6.92 Å². The van der Waals surface area contributed by atoms with Crippen molar-refractivity contribution in [3.8, 4) is 11.5 Å². The average Bonchev–Trinajstić information content (AvgIpc) is 3.17. The highest BCUT2D eigenvalue weighted by molar-refractivity contribution is 6.39. The first-order chi connectivity index (χ1) is 14.0. The highest BCUT2D eigenvalue weighted by atomic mass is 35.5. The van der Waals surface area contributed by atoms with Crippen molar-refractivity contribution < 1.29 is 9.21 Å². The Hall–Kier alpha value is -2.77. The number of carbonyl (C=O) groups is 1. The van der Waals surface area contributed by atoms with Crippen molar-refractivity contribution in [1.82, 2.24) is 15.1 Å². The number of aryl methyl sites for hydroxylation is 1. The zero-order valence-electron chi connectivity index (χ0n) is 15.7. The van der Waals surface area contributed by atoms with Gasteiger partial charge >= 0.3 is 6.03 Å². The third-order valence-electron chi connectivity index (χ3n) is 4.77. The van der Waals surface area contributed by atoms with Crippen LogP contribution in [0.25, 0.3) is 11.5 Å². The summed E-state index contributed by atoms with van der Waals surface area (Å²) in [7, 11) is 0. The molecule has 0 radical (unpaired) electrons. The van der Waals surface area contributed by atoms with E-state index in [1.165, 1.54) is 0 Å². The zero-order chi connectivity index (χ0) is 20.4. The van der Waals surface area contributed by atoms with Gasteiger partial charge in [-0.25, -0.2) is 4.79 Å². The van der Waals surface area contributed by atoms with Gasteiger partial charge in [0.2, 0.25) is 11.8 Å². The van der Waals surface area contributed by atoms with Gasteiger partial charge in [0.1, 0.15) is 0 Å². The van der Waals surface area contributed by atoms with Gasteiger partial charge < -0.3 is 19.5 Å². The number of carbonyl (C=O) groups excluding carboxylic acids is 1. The molecule has 1 aliphatic heterocycles. The van der Waals surface area contributed by atoms with Crippen LogP contribution in [0.4, 0.5) is 16.2 Å². The monoisotopic (exact) mass is 431 g/mol. The van der Waals surface area contributed by atoms with Crippen molar-refractivity contribution in [3.63, 3.8) is 0 Å². The van der Waals surface area contributed by atoms with E-state index in [0.29, 0.717) is 40.6 Å². The quantitative estimate of drug-likeness (QED) is 0.649. The summed E-state index contributed by atoms with van der Waals surface area (Å²) in [6.45, 7) is 4.41. The molecule has 1 N–H and O–H groups in total. The summed E-state index contributed by atoms with van der Waals surface area (Å²) in [5, 5.41) is 11.5. The minimum atomic E-state index is -0.207. The third kappa shape index (κ3) is 4.31. The minimum Gasteiger partial charge on any atom is -0.421 e. The van der Waals surface area contributed by atoms with Crippen LogP contribution in [0.1, 0.15) is 5.89 Å². The fraction of sp³-hybridized carbons (Fsp3) is 0.250. The molecule has 4 rings (SSSR count). The average molecular weight is 432 g/mol. The molecule has 0 saturated carbocycles. The van der Waals surface area contributed by atoms with Crippen LogP contribution in [0.15, 0.2) is 46.9 Å². The molecule has 1 fully saturated rings. The molecule has 1 aliphatic rings. The van der Waals surface area contributed by atoms with E-state index >= 15 is 0 Å². The number of benzene rings is 2. The summed E-state index contributed by atoms with van der Waals surface area (Å²) in [6.07, 6.45) is 0. The van der Waals surface area contributed by atoms with Crippen LogP contribution in [0.2, 0.25) is 10.0 Å². The van der Waals surface area contributed by atoms with Crippen molar-refractivity contribution in [3.05, 3.63) is 58.4 Å². The first-order valence-electron chi connectivity index (χ1n) is 9.17. The molecule has 2 amide bonds. The first-order valence-corrected chi connectivity index (χ1v) is 9.92. The van der Waals surface area contributed by atoms with Crippen molar-refractivity contribution in [2.24, 2.45) is 0 Å². The molecular formula is C20H19Cl2N5O2. The van der Waals surface area contributed by atoms with Gasteiger partial charge in [-0.3, -0.25) is 0 Å². The number of urea groups is 1. The molecule has 0 atom stereocenters. The van der Waals surface area contributed by atoms with Crippen molar-refractivity contribution in [1.29, 1.82) is 0 Å². The Morgan fingerprint density at radius 2 is 1.66 bits per heavy atom. The fourth-order valence-corrected chi connectivity index (χ4v) is 3.69. The lowest BCUT2D eigenvalue weighted by Crippen LogP contribution is -2.50. The van der Waals surface area contributed by atoms with Crippen LogP contribution < -0.4 is 10.2 Å². The maximum Gasteiger partial charge on any atom is 0.322 e. The SMILES string of the molecule is Cc1nnc(-c2ccc(N3CCN(C(=O)Nc4c(Cl)cccc4Cl)CC3)cc2)o1. The summed E-state index contributed by atoms with van der Waals surface area (Å²) in [6, 6.07) is 12.9. The highest BCUT2D eigenvalue weighted by Gasteiger charge is 2.22. The maximum atomic E-state index is 12.6. The van der Waals surface area contributed by atoms with E-state index in [1.54, 1.807) is 30.0 Å². The predicted octanol–water partition coefficient (Wildman–Crippen LogP) is 4.71. The van der Waals surface area contributed by atoms with Crippen LogP contribution in [0.3, 0.4) is 0 Å². The second kappa shape index (κ2) is 8.31. The molecule has 0 spiro atoms. The molecule has 0 bridgehead atoms. The lowest BCUT2D eigenvalue weighted by atomic mass is 10.2. The molecule has 3 aromatic rings. The predicted molar refractivity (Wildman–Crippen MR) is 114 cm³/mol. The van der Waals surface area contributed by atoms with Gasteiger partial charge in [0.15, 0.2) is 0 Å². The molecule has 29 heavy (non-hydrogen) atoms. The number of nitrogens with one attached hydrogen (secondary N) is 1. The number of anilines is 2. The van der Waals surface area contributed by atoms with E-state index in [4.69, 9.17) is 27.6 Å². The number of para-hydroxylation sites is 1. The normalized spacial score (nSPS) is 14.2. The van der Waals surface area contributed by atoms with E-state index in [9.17, 15) is 4.79 Å². The Morgan fingerprint density at radius 1 is 1.00 bits per heavy atom. The Labute approximate surface area is 178 Å². The topological polar surface area (TPSA) is 74.5 Å². The van der Waals surface area contributed by atoms with E-state index in [0.717, 1.165) is 24.3 Å². The number of hydrogen-bond donors (Lipinski definition) is 1. The molecule has 2 heterocycles. The van der Waals surface area contributed by atoms with Gasteiger partial charge in [-0.15, -0.1) is 10.2 Å². The fourth-order valence-electron chi connectivity index (χ4n) is 3.20. The summed E-state index contributed by atoms with van der Waals surface area (Å²) in [5.74, 6) is 1.05. The van der Waals surface area contributed by atoms with Crippen LogP contribution in [-0.2, 0) is 0 Å². The van der Waals surface area contributed by atoms with E-state index in [-0.39, 0.29) is 6.03 Å². The van der Waals surface area contributed by atoms with E-state index in [1.807, 2.05) is 24.3 Å². The van der Waals surface area contributed by atoms with Crippen molar-refractivity contribution in [2.45, 2.75) is 6.92 Å². The van der Waals surface area contributed by atoms with Gasteiger partial charge in [-0.1, -0.05) is 29.3 Å². The number of aromatic nitrogens is 2. The maximum absolute atomic E-state index is 12.6. The second-order valence-electron chi connectivity index (χ2n) is 6.67. The number of nitrogens with zero attached hydrogens (tertiary/aromatic N) is 4. The Bertz CT molecular complexity index is 994. The Balaban J connectivity index is 1.36. The first kappa shape index (κ1) is 19.5. The smallest absolute Gasteiger partial charge is 0.322 e. The number of hydrogen-bond acceptors (Lipinski definition) is 5.